The highest BCUT2D eigenvalue weighted by Crippen LogP contribution is 2.22. The van der Waals surface area contributed by atoms with Gasteiger partial charge < -0.3 is 10.4 Å². The van der Waals surface area contributed by atoms with Crippen LogP contribution in [0, 0.1) is 6.92 Å². The van der Waals surface area contributed by atoms with E-state index < -0.39 is 6.18 Å². The van der Waals surface area contributed by atoms with Crippen molar-refractivity contribution in [2.75, 3.05) is 5.32 Å². The van der Waals surface area contributed by atoms with E-state index >= 15 is 0 Å². The van der Waals surface area contributed by atoms with Crippen LogP contribution in [0.25, 0.3) is 17.0 Å². The number of aryl methyl sites for hydroxylation is 1. The van der Waals surface area contributed by atoms with E-state index in [4.69, 9.17) is 0 Å². The minimum Gasteiger partial charge on any atom is -0.390 e. The molecule has 0 aliphatic carbocycles. The molecule has 3 rings (SSSR count). The number of aromatic nitrogens is 2. The first-order valence-corrected chi connectivity index (χ1v) is 8.02. The summed E-state index contributed by atoms with van der Waals surface area (Å²) in [6.07, 6.45) is -3.27. The molecule has 0 unspecified atom stereocenters. The summed E-state index contributed by atoms with van der Waals surface area (Å²) in [7, 11) is 0. The molecule has 0 atom stereocenters. The number of nitrogens with zero attached hydrogens (tertiary/aromatic N) is 1. The summed E-state index contributed by atoms with van der Waals surface area (Å²) in [6, 6.07) is 9.54. The topological polar surface area (TPSA) is 78.0 Å². The lowest BCUT2D eigenvalue weighted by Gasteiger charge is -2.09. The van der Waals surface area contributed by atoms with Crippen molar-refractivity contribution in [1.82, 2.24) is 10.2 Å². The Morgan fingerprint density at radius 2 is 2.04 bits per heavy atom. The molecule has 1 aromatic heterocycles. The Kier molecular flexibility index (Phi) is 5.00. The van der Waals surface area contributed by atoms with Crippen molar-refractivity contribution in [1.29, 1.82) is 0 Å². The number of benzene rings is 2. The van der Waals surface area contributed by atoms with Gasteiger partial charge in [-0.25, -0.2) is 0 Å². The van der Waals surface area contributed by atoms with Gasteiger partial charge in [-0.3, -0.25) is 9.89 Å². The standard InChI is InChI=1S/C19H16F3N3O2/c1-11-8-12(6-7-19(20,21)22)2-4-14(11)18(27)23-13-3-5-15-16(9-13)24-25-17(15)10-26/h2-9,26H,10H2,1H3,(H,23,27)(H,24,25)/b7-6+. The minimum atomic E-state index is -4.38. The number of alkyl halides is 3. The van der Waals surface area contributed by atoms with E-state index in [1.807, 2.05) is 0 Å². The zero-order chi connectivity index (χ0) is 19.6. The fraction of sp³-hybridized carbons (Fsp3) is 0.158. The molecule has 0 fully saturated rings. The first kappa shape index (κ1) is 18.7. The van der Waals surface area contributed by atoms with Crippen LogP contribution < -0.4 is 5.32 Å². The van der Waals surface area contributed by atoms with E-state index in [2.05, 4.69) is 15.5 Å². The third-order valence-corrected chi connectivity index (χ3v) is 4.01. The van der Waals surface area contributed by atoms with E-state index in [1.165, 1.54) is 18.2 Å². The Bertz CT molecular complexity index is 1020. The fourth-order valence-corrected chi connectivity index (χ4v) is 2.70. The number of aliphatic hydroxyl groups excluding tert-OH is 1. The van der Waals surface area contributed by atoms with Crippen molar-refractivity contribution >= 4 is 28.6 Å². The number of nitrogens with one attached hydrogen (secondary N) is 2. The molecule has 1 amide bonds. The molecule has 2 aromatic carbocycles. The van der Waals surface area contributed by atoms with Crippen LogP contribution in [0.4, 0.5) is 18.9 Å². The van der Waals surface area contributed by atoms with Crippen LogP contribution in [0.1, 0.15) is 27.2 Å². The second-order valence-corrected chi connectivity index (χ2v) is 6.00. The van der Waals surface area contributed by atoms with Crippen LogP contribution in [-0.2, 0) is 6.61 Å². The van der Waals surface area contributed by atoms with Gasteiger partial charge in [0.05, 0.1) is 17.8 Å². The van der Waals surface area contributed by atoms with Gasteiger partial charge in [0.1, 0.15) is 0 Å². The Labute approximate surface area is 152 Å². The lowest BCUT2D eigenvalue weighted by Crippen LogP contribution is -2.13. The summed E-state index contributed by atoms with van der Waals surface area (Å²) in [5.41, 5.74) is 2.97. The number of carbonyl (C=O) groups is 1. The summed E-state index contributed by atoms with van der Waals surface area (Å²) >= 11 is 0. The zero-order valence-corrected chi connectivity index (χ0v) is 14.3. The molecule has 1 heterocycles. The number of aromatic amines is 1. The normalized spacial score (nSPS) is 12.0. The first-order valence-electron chi connectivity index (χ1n) is 8.02. The monoisotopic (exact) mass is 375 g/mol. The molecule has 0 saturated carbocycles. The van der Waals surface area contributed by atoms with Gasteiger partial charge in [0, 0.05) is 22.7 Å². The summed E-state index contributed by atoms with van der Waals surface area (Å²) in [4.78, 5) is 12.5. The predicted molar refractivity (Wildman–Crippen MR) is 96.2 cm³/mol. The largest absolute Gasteiger partial charge is 0.409 e. The van der Waals surface area contributed by atoms with Gasteiger partial charge in [-0.15, -0.1) is 0 Å². The van der Waals surface area contributed by atoms with Gasteiger partial charge in [0.2, 0.25) is 0 Å². The molecule has 8 heteroatoms. The number of hydrogen-bond donors (Lipinski definition) is 3. The number of rotatable bonds is 4. The van der Waals surface area contributed by atoms with E-state index in [1.54, 1.807) is 25.1 Å². The van der Waals surface area contributed by atoms with E-state index in [9.17, 15) is 23.1 Å². The van der Waals surface area contributed by atoms with Crippen LogP contribution in [0.5, 0.6) is 0 Å². The molecule has 0 spiro atoms. The summed E-state index contributed by atoms with van der Waals surface area (Å²) in [5.74, 6) is -0.379. The van der Waals surface area contributed by atoms with Crippen molar-refractivity contribution in [2.45, 2.75) is 19.7 Å². The Balaban J connectivity index is 1.79. The van der Waals surface area contributed by atoms with Crippen LogP contribution in [0.3, 0.4) is 0 Å². The average Bonchev–Trinajstić information content (AvgIpc) is 3.01. The lowest BCUT2D eigenvalue weighted by atomic mass is 10.0. The van der Waals surface area contributed by atoms with Crippen LogP contribution in [0.15, 0.2) is 42.5 Å². The number of halogens is 3. The van der Waals surface area contributed by atoms with Crippen molar-refractivity contribution in [3.8, 4) is 0 Å². The Morgan fingerprint density at radius 3 is 2.70 bits per heavy atom. The molecule has 140 valence electrons. The molecule has 0 aliphatic heterocycles. The third-order valence-electron chi connectivity index (χ3n) is 4.01. The van der Waals surface area contributed by atoms with E-state index in [0.29, 0.717) is 33.6 Å². The number of H-pyrrole nitrogens is 1. The molecular weight excluding hydrogens is 359 g/mol. The number of anilines is 1. The molecular formula is C19H16F3N3O2. The number of fused-ring (bicyclic) bond motifs is 1. The van der Waals surface area contributed by atoms with Gasteiger partial charge >= 0.3 is 6.18 Å². The van der Waals surface area contributed by atoms with Gasteiger partial charge in [-0.1, -0.05) is 18.2 Å². The molecule has 0 radical (unpaired) electrons. The van der Waals surface area contributed by atoms with Crippen molar-refractivity contribution in [3.05, 3.63) is 64.9 Å². The average molecular weight is 375 g/mol. The second kappa shape index (κ2) is 7.24. The highest BCUT2D eigenvalue weighted by molar-refractivity contribution is 6.06. The third kappa shape index (κ3) is 4.35. The van der Waals surface area contributed by atoms with Crippen molar-refractivity contribution in [3.63, 3.8) is 0 Å². The van der Waals surface area contributed by atoms with Crippen molar-refractivity contribution in [2.24, 2.45) is 0 Å². The predicted octanol–water partition coefficient (Wildman–Crippen LogP) is 4.19. The minimum absolute atomic E-state index is 0.154. The van der Waals surface area contributed by atoms with Gasteiger partial charge in [0.15, 0.2) is 0 Å². The maximum absolute atomic E-state index is 12.5. The number of carbonyl (C=O) groups excluding carboxylic acids is 1. The molecule has 0 bridgehead atoms. The summed E-state index contributed by atoms with van der Waals surface area (Å²) in [6.45, 7) is 1.49. The number of allylic oxidation sites excluding steroid dienone is 1. The smallest absolute Gasteiger partial charge is 0.390 e. The quantitative estimate of drug-likeness (QED) is 0.640. The first-order chi connectivity index (χ1) is 12.8. The fourth-order valence-electron chi connectivity index (χ4n) is 2.70. The van der Waals surface area contributed by atoms with Crippen molar-refractivity contribution < 1.29 is 23.1 Å². The molecule has 0 aliphatic rings. The Hall–Kier alpha value is -3.13. The highest BCUT2D eigenvalue weighted by Gasteiger charge is 2.21. The molecule has 5 nitrogen and oxygen atoms in total. The van der Waals surface area contributed by atoms with E-state index in [0.717, 1.165) is 11.5 Å². The maximum Gasteiger partial charge on any atom is 0.409 e. The number of amides is 1. The second-order valence-electron chi connectivity index (χ2n) is 6.00. The Morgan fingerprint density at radius 1 is 1.26 bits per heavy atom. The van der Waals surface area contributed by atoms with E-state index in [-0.39, 0.29) is 18.6 Å². The van der Waals surface area contributed by atoms with Gasteiger partial charge in [-0.2, -0.15) is 18.3 Å². The van der Waals surface area contributed by atoms with Gasteiger partial charge in [0.25, 0.3) is 5.91 Å². The van der Waals surface area contributed by atoms with Crippen LogP contribution in [-0.4, -0.2) is 27.4 Å². The summed E-state index contributed by atoms with van der Waals surface area (Å²) in [5, 5.41) is 19.5. The molecule has 0 saturated heterocycles. The molecule has 3 N–H and O–H groups in total. The number of hydrogen-bond acceptors (Lipinski definition) is 3. The molecule has 3 aromatic rings. The summed E-state index contributed by atoms with van der Waals surface area (Å²) < 4.78 is 36.8. The maximum atomic E-state index is 12.5. The molecule has 27 heavy (non-hydrogen) atoms. The van der Waals surface area contributed by atoms with Gasteiger partial charge in [-0.05, 0) is 42.3 Å². The van der Waals surface area contributed by atoms with Crippen LogP contribution in [0.2, 0.25) is 0 Å². The highest BCUT2D eigenvalue weighted by atomic mass is 19.4. The SMILES string of the molecule is Cc1cc(/C=C/C(F)(F)F)ccc1C(=O)Nc1ccc2c(CO)[nH]nc2c1. The lowest BCUT2D eigenvalue weighted by molar-refractivity contribution is -0.0790. The van der Waals surface area contributed by atoms with Crippen LogP contribution >= 0.6 is 0 Å². The zero-order valence-electron chi connectivity index (χ0n) is 14.3. The number of aliphatic hydroxyl groups is 1.